The summed E-state index contributed by atoms with van der Waals surface area (Å²) in [6.45, 7) is 1.17. The van der Waals surface area contributed by atoms with Crippen LogP contribution in [0.25, 0.3) is 0 Å². The van der Waals surface area contributed by atoms with Gasteiger partial charge < -0.3 is 20.4 Å². The van der Waals surface area contributed by atoms with E-state index in [9.17, 15) is 30.0 Å². The highest BCUT2D eigenvalue weighted by Crippen LogP contribution is 2.50. The molecule has 2 aliphatic rings. The van der Waals surface area contributed by atoms with Gasteiger partial charge in [0.15, 0.2) is 11.6 Å². The van der Waals surface area contributed by atoms with E-state index in [4.69, 9.17) is 5.41 Å². The van der Waals surface area contributed by atoms with Crippen molar-refractivity contribution < 1.29 is 30.0 Å². The molecular weight excluding hydrogens is 350 g/mol. The summed E-state index contributed by atoms with van der Waals surface area (Å²) >= 11 is 0. The van der Waals surface area contributed by atoms with Crippen molar-refractivity contribution in [3.05, 3.63) is 57.6 Å². The smallest absolute Gasteiger partial charge is 0.198 e. The molecule has 138 valence electrons. The Bertz CT molecular complexity index is 1060. The minimum atomic E-state index is -1.91. The lowest BCUT2D eigenvalue weighted by Crippen LogP contribution is -2.44. The molecule has 2 atom stereocenters. The van der Waals surface area contributed by atoms with E-state index in [1.807, 2.05) is 0 Å². The molecule has 0 heterocycles. The molecule has 7 nitrogen and oxygen atoms in total. The number of carbonyl (C=O) groups excluding carboxylic acids is 2. The maximum absolute atomic E-state index is 12.9. The zero-order valence-corrected chi connectivity index (χ0v) is 14.4. The molecule has 27 heavy (non-hydrogen) atoms. The lowest BCUT2D eigenvalue weighted by atomic mass is 9.72. The zero-order chi connectivity index (χ0) is 19.7. The first kappa shape index (κ1) is 17.4. The minimum Gasteiger partial charge on any atom is -0.507 e. The maximum atomic E-state index is 12.9. The molecule has 2 aliphatic carbocycles. The van der Waals surface area contributed by atoms with Gasteiger partial charge in [0.05, 0.1) is 22.9 Å². The molecule has 4 rings (SSSR count). The summed E-state index contributed by atoms with van der Waals surface area (Å²) in [5, 5.41) is 50.9. The molecule has 0 unspecified atom stereocenters. The molecule has 7 heteroatoms. The van der Waals surface area contributed by atoms with Crippen LogP contribution >= 0.6 is 0 Å². The summed E-state index contributed by atoms with van der Waals surface area (Å²) in [4.78, 5) is 24.8. The Balaban J connectivity index is 2.04. The number of ketones is 2. The van der Waals surface area contributed by atoms with E-state index in [0.717, 1.165) is 0 Å². The SMILES string of the molecule is CC(=O)[C@]1(O)Cc2c(O)c3c(c(O)c2[C@@H](O)C1)C(=N)c1ccccc1C3=O. The Morgan fingerprint density at radius 1 is 1.15 bits per heavy atom. The van der Waals surface area contributed by atoms with Gasteiger partial charge in [-0.1, -0.05) is 24.3 Å². The van der Waals surface area contributed by atoms with E-state index in [-0.39, 0.29) is 46.4 Å². The van der Waals surface area contributed by atoms with Gasteiger partial charge in [-0.05, 0) is 6.92 Å². The van der Waals surface area contributed by atoms with Crippen LogP contribution in [0.3, 0.4) is 0 Å². The zero-order valence-electron chi connectivity index (χ0n) is 14.4. The third kappa shape index (κ3) is 2.19. The number of Topliss-reactive ketones (excluding diaryl/α,β-unsaturated/α-hetero) is 1. The molecule has 0 amide bonds. The number of benzene rings is 2. The summed E-state index contributed by atoms with van der Waals surface area (Å²) in [7, 11) is 0. The number of aliphatic hydroxyl groups is 2. The van der Waals surface area contributed by atoms with Gasteiger partial charge in [0.25, 0.3) is 0 Å². The third-order valence-corrected chi connectivity index (χ3v) is 5.50. The van der Waals surface area contributed by atoms with Gasteiger partial charge in [0.1, 0.15) is 17.1 Å². The van der Waals surface area contributed by atoms with Crippen LogP contribution in [0.5, 0.6) is 11.5 Å². The van der Waals surface area contributed by atoms with Crippen molar-refractivity contribution in [3.63, 3.8) is 0 Å². The number of carbonyl (C=O) groups is 2. The normalized spacial score (nSPS) is 23.4. The standard InChI is InChI=1S/C20H17NO6/c1-8(22)20(27)6-11-13(12(23)7-20)19(26)14-15(18(11)25)17(24)10-5-3-2-4-9(10)16(14)21/h2-5,12,21,23,25-27H,6-7H2,1H3/t12-,20-/m0/s1. The van der Waals surface area contributed by atoms with Gasteiger partial charge in [-0.15, -0.1) is 0 Å². The maximum Gasteiger partial charge on any atom is 0.198 e. The van der Waals surface area contributed by atoms with Crippen molar-refractivity contribution >= 4 is 17.3 Å². The second kappa shape index (κ2) is 5.48. The molecule has 2 aromatic rings. The number of rotatable bonds is 1. The summed E-state index contributed by atoms with van der Waals surface area (Å²) in [6.07, 6.45) is -2.12. The summed E-state index contributed by atoms with van der Waals surface area (Å²) in [6, 6.07) is 6.37. The summed E-state index contributed by atoms with van der Waals surface area (Å²) < 4.78 is 0. The number of aliphatic hydroxyl groups excluding tert-OH is 1. The highest BCUT2D eigenvalue weighted by molar-refractivity contribution is 6.31. The van der Waals surface area contributed by atoms with Gasteiger partial charge in [-0.25, -0.2) is 0 Å². The number of phenols is 2. The van der Waals surface area contributed by atoms with E-state index >= 15 is 0 Å². The number of phenolic OH excluding ortho intramolecular Hbond substituents is 2. The number of nitrogens with one attached hydrogen (secondary N) is 1. The van der Waals surface area contributed by atoms with Crippen LogP contribution in [-0.4, -0.2) is 43.3 Å². The monoisotopic (exact) mass is 367 g/mol. The summed E-state index contributed by atoms with van der Waals surface area (Å²) in [5.41, 5.74) is -2.05. The van der Waals surface area contributed by atoms with Gasteiger partial charge >= 0.3 is 0 Å². The van der Waals surface area contributed by atoms with Crippen LogP contribution in [0, 0.1) is 5.41 Å². The van der Waals surface area contributed by atoms with E-state index in [2.05, 4.69) is 0 Å². The predicted octanol–water partition coefficient (Wildman–Crippen LogP) is 1.36. The Kier molecular flexibility index (Phi) is 3.53. The number of hydrogen-bond acceptors (Lipinski definition) is 7. The first-order valence-corrected chi connectivity index (χ1v) is 8.42. The molecule has 0 aromatic heterocycles. The molecule has 2 aromatic carbocycles. The van der Waals surface area contributed by atoms with Crippen molar-refractivity contribution in [2.45, 2.75) is 31.5 Å². The number of hydrogen-bond donors (Lipinski definition) is 5. The quantitative estimate of drug-likeness (QED) is 0.412. The molecule has 0 aliphatic heterocycles. The van der Waals surface area contributed by atoms with E-state index in [1.165, 1.54) is 13.0 Å². The third-order valence-electron chi connectivity index (χ3n) is 5.50. The molecule has 0 saturated carbocycles. The highest BCUT2D eigenvalue weighted by atomic mass is 16.3. The van der Waals surface area contributed by atoms with Crippen LogP contribution in [-0.2, 0) is 11.2 Å². The number of aromatic hydroxyl groups is 2. The van der Waals surface area contributed by atoms with E-state index in [0.29, 0.717) is 5.56 Å². The van der Waals surface area contributed by atoms with Crippen LogP contribution in [0.1, 0.15) is 57.6 Å². The van der Waals surface area contributed by atoms with Crippen LogP contribution in [0.15, 0.2) is 24.3 Å². The fourth-order valence-electron chi connectivity index (χ4n) is 4.02. The lowest BCUT2D eigenvalue weighted by Gasteiger charge is -2.36. The largest absolute Gasteiger partial charge is 0.507 e. The minimum absolute atomic E-state index is 0.0526. The Hall–Kier alpha value is -3.03. The van der Waals surface area contributed by atoms with Gasteiger partial charge in [0.2, 0.25) is 0 Å². The van der Waals surface area contributed by atoms with Crippen LogP contribution < -0.4 is 0 Å². The fourth-order valence-corrected chi connectivity index (χ4v) is 4.02. The molecule has 0 spiro atoms. The van der Waals surface area contributed by atoms with Gasteiger partial charge in [-0.3, -0.25) is 15.0 Å². The molecule has 0 saturated heterocycles. The lowest BCUT2D eigenvalue weighted by molar-refractivity contribution is -0.139. The molecular formula is C20H17NO6. The van der Waals surface area contributed by atoms with Crippen molar-refractivity contribution in [2.75, 3.05) is 0 Å². The molecule has 0 radical (unpaired) electrons. The van der Waals surface area contributed by atoms with Gasteiger partial charge in [-0.2, -0.15) is 0 Å². The summed E-state index contributed by atoms with van der Waals surface area (Å²) in [5.74, 6) is -2.17. The second-order valence-corrected chi connectivity index (χ2v) is 7.07. The average molecular weight is 367 g/mol. The van der Waals surface area contributed by atoms with E-state index < -0.39 is 34.8 Å². The average Bonchev–Trinajstić information content (AvgIpc) is 2.62. The predicted molar refractivity (Wildman–Crippen MR) is 94.5 cm³/mol. The van der Waals surface area contributed by atoms with Crippen molar-refractivity contribution in [2.24, 2.45) is 0 Å². The first-order chi connectivity index (χ1) is 12.7. The van der Waals surface area contributed by atoms with E-state index in [1.54, 1.807) is 18.2 Å². The van der Waals surface area contributed by atoms with Crippen molar-refractivity contribution in [1.82, 2.24) is 0 Å². The Morgan fingerprint density at radius 3 is 2.41 bits per heavy atom. The van der Waals surface area contributed by atoms with Crippen molar-refractivity contribution in [1.29, 1.82) is 5.41 Å². The topological polar surface area (TPSA) is 139 Å². The van der Waals surface area contributed by atoms with Gasteiger partial charge in [0, 0.05) is 35.1 Å². The van der Waals surface area contributed by atoms with Crippen LogP contribution in [0.2, 0.25) is 0 Å². The first-order valence-electron chi connectivity index (χ1n) is 8.42. The molecule has 0 fully saturated rings. The second-order valence-electron chi connectivity index (χ2n) is 7.07. The fraction of sp³-hybridized carbons (Fsp3) is 0.250. The highest BCUT2D eigenvalue weighted by Gasteiger charge is 2.46. The molecule has 0 bridgehead atoms. The molecule has 5 N–H and O–H groups in total. The van der Waals surface area contributed by atoms with Crippen LogP contribution in [0.4, 0.5) is 0 Å². The van der Waals surface area contributed by atoms with Crippen molar-refractivity contribution in [3.8, 4) is 11.5 Å². The Labute approximate surface area is 154 Å². The Morgan fingerprint density at radius 2 is 1.78 bits per heavy atom. The number of fused-ring (bicyclic) bond motifs is 3.